The van der Waals surface area contributed by atoms with E-state index < -0.39 is 47.1 Å². The molecular formula is C10H11N3O7. The summed E-state index contributed by atoms with van der Waals surface area (Å²) in [5, 5.41) is 26.9. The third-order valence-electron chi connectivity index (χ3n) is 2.36. The number of H-pyrrole nitrogens is 1. The lowest BCUT2D eigenvalue weighted by molar-refractivity contribution is -0.144. The van der Waals surface area contributed by atoms with Crippen molar-refractivity contribution < 1.29 is 24.9 Å². The first-order valence-corrected chi connectivity index (χ1v) is 5.24. The van der Waals surface area contributed by atoms with Gasteiger partial charge in [0.2, 0.25) is 5.88 Å². The first-order chi connectivity index (χ1) is 9.23. The van der Waals surface area contributed by atoms with E-state index in [9.17, 15) is 24.3 Å². The van der Waals surface area contributed by atoms with Gasteiger partial charge in [-0.1, -0.05) is 0 Å². The standard InChI is InChI=1S/C10H11N3O7/c1-13-8(17)4(7(16)12-10(13)20)3-11-5(9(18)19)2-6(14)15/h3,5,17H,2H2,1H3,(H,14,15)(H,18,19)(H,12,16,20). The van der Waals surface area contributed by atoms with E-state index in [1.807, 2.05) is 4.98 Å². The Kier molecular flexibility index (Phi) is 4.41. The number of carboxylic acid groups (broad SMARTS) is 2. The fraction of sp³-hybridized carbons (Fsp3) is 0.300. The molecule has 0 aliphatic carbocycles. The van der Waals surface area contributed by atoms with Gasteiger partial charge in [0.15, 0.2) is 6.04 Å². The molecule has 0 aliphatic rings. The van der Waals surface area contributed by atoms with E-state index in [0.29, 0.717) is 0 Å². The van der Waals surface area contributed by atoms with Crippen molar-refractivity contribution in [3.63, 3.8) is 0 Å². The van der Waals surface area contributed by atoms with Crippen molar-refractivity contribution in [2.75, 3.05) is 0 Å². The van der Waals surface area contributed by atoms with Gasteiger partial charge in [-0.15, -0.1) is 0 Å². The average Bonchev–Trinajstić information content (AvgIpc) is 2.33. The van der Waals surface area contributed by atoms with Gasteiger partial charge in [0.1, 0.15) is 5.56 Å². The van der Waals surface area contributed by atoms with Crippen molar-refractivity contribution >= 4 is 18.2 Å². The van der Waals surface area contributed by atoms with Crippen molar-refractivity contribution in [2.24, 2.45) is 12.0 Å². The monoisotopic (exact) mass is 285 g/mol. The van der Waals surface area contributed by atoms with Crippen molar-refractivity contribution in [2.45, 2.75) is 12.5 Å². The summed E-state index contributed by atoms with van der Waals surface area (Å²) in [4.78, 5) is 49.1. The predicted octanol–water partition coefficient (Wildman–Crippen LogP) is -1.87. The molecule has 20 heavy (non-hydrogen) atoms. The van der Waals surface area contributed by atoms with Gasteiger partial charge in [0.25, 0.3) is 5.56 Å². The molecule has 0 aliphatic heterocycles. The molecule has 1 aromatic heterocycles. The number of hydrogen-bond donors (Lipinski definition) is 4. The van der Waals surface area contributed by atoms with Gasteiger partial charge in [-0.3, -0.25) is 24.1 Å². The first kappa shape index (κ1) is 15.1. The summed E-state index contributed by atoms with van der Waals surface area (Å²) < 4.78 is 0.718. The Morgan fingerprint density at radius 1 is 1.40 bits per heavy atom. The Morgan fingerprint density at radius 2 is 2.00 bits per heavy atom. The highest BCUT2D eigenvalue weighted by Crippen LogP contribution is 2.06. The van der Waals surface area contributed by atoms with Crippen LogP contribution in [0.15, 0.2) is 14.6 Å². The molecule has 108 valence electrons. The normalized spacial score (nSPS) is 12.4. The molecule has 0 spiro atoms. The highest BCUT2D eigenvalue weighted by molar-refractivity contribution is 5.87. The second-order valence-electron chi connectivity index (χ2n) is 3.79. The third kappa shape index (κ3) is 3.31. The zero-order valence-corrected chi connectivity index (χ0v) is 10.2. The molecule has 1 unspecified atom stereocenters. The molecule has 0 bridgehead atoms. The summed E-state index contributed by atoms with van der Waals surface area (Å²) in [6.45, 7) is 0. The molecule has 10 heteroatoms. The molecule has 4 N–H and O–H groups in total. The molecule has 0 saturated heterocycles. The smallest absolute Gasteiger partial charge is 0.330 e. The van der Waals surface area contributed by atoms with Crippen molar-refractivity contribution in [3.05, 3.63) is 26.4 Å². The predicted molar refractivity (Wildman–Crippen MR) is 65.2 cm³/mol. The lowest BCUT2D eigenvalue weighted by Gasteiger charge is -2.05. The van der Waals surface area contributed by atoms with Gasteiger partial charge < -0.3 is 15.3 Å². The average molecular weight is 285 g/mol. The number of carbonyl (C=O) groups is 2. The molecule has 0 saturated carbocycles. The second kappa shape index (κ2) is 5.82. The molecule has 0 radical (unpaired) electrons. The number of rotatable bonds is 5. The number of nitrogens with one attached hydrogen (secondary N) is 1. The van der Waals surface area contributed by atoms with Crippen molar-refractivity contribution in [1.29, 1.82) is 0 Å². The number of nitrogens with zero attached hydrogens (tertiary/aromatic N) is 2. The number of aliphatic imine (C=N–C) groups is 1. The summed E-state index contributed by atoms with van der Waals surface area (Å²) in [5.74, 6) is -3.58. The topological polar surface area (TPSA) is 162 Å². The van der Waals surface area contributed by atoms with Gasteiger partial charge in [0.05, 0.1) is 6.42 Å². The van der Waals surface area contributed by atoms with Crippen LogP contribution in [0.5, 0.6) is 5.88 Å². The quantitative estimate of drug-likeness (QED) is 0.460. The highest BCUT2D eigenvalue weighted by Gasteiger charge is 2.20. The van der Waals surface area contributed by atoms with Gasteiger partial charge in [-0.05, 0) is 0 Å². The van der Waals surface area contributed by atoms with E-state index in [2.05, 4.69) is 4.99 Å². The second-order valence-corrected chi connectivity index (χ2v) is 3.79. The van der Waals surface area contributed by atoms with Crippen LogP contribution in [0.3, 0.4) is 0 Å². The molecule has 1 aromatic rings. The summed E-state index contributed by atoms with van der Waals surface area (Å²) in [6.07, 6.45) is -0.0639. The number of aliphatic carboxylic acids is 2. The maximum Gasteiger partial charge on any atom is 0.330 e. The van der Waals surface area contributed by atoms with E-state index in [-0.39, 0.29) is 0 Å². The minimum Gasteiger partial charge on any atom is -0.494 e. The lowest BCUT2D eigenvalue weighted by atomic mass is 10.2. The molecule has 1 rings (SSSR count). The lowest BCUT2D eigenvalue weighted by Crippen LogP contribution is -2.31. The molecule has 1 heterocycles. The number of aromatic amines is 1. The van der Waals surface area contributed by atoms with Crippen LogP contribution in [0.25, 0.3) is 0 Å². The number of hydrogen-bond acceptors (Lipinski definition) is 6. The molecule has 0 aromatic carbocycles. The molecule has 10 nitrogen and oxygen atoms in total. The van der Waals surface area contributed by atoms with Gasteiger partial charge in [-0.25, -0.2) is 9.59 Å². The van der Waals surface area contributed by atoms with Gasteiger partial charge >= 0.3 is 17.6 Å². The largest absolute Gasteiger partial charge is 0.494 e. The number of carboxylic acids is 2. The summed E-state index contributed by atoms with van der Waals surface area (Å²) in [6, 6.07) is -1.61. The summed E-state index contributed by atoms with van der Waals surface area (Å²) in [7, 11) is 1.18. The SMILES string of the molecule is Cn1c(O)c(C=NC(CC(=O)O)C(=O)O)c(=O)[nH]c1=O. The molecule has 0 amide bonds. The van der Waals surface area contributed by atoms with Crippen LogP contribution in [0, 0.1) is 0 Å². The van der Waals surface area contributed by atoms with Crippen LogP contribution >= 0.6 is 0 Å². The number of aromatic nitrogens is 2. The first-order valence-electron chi connectivity index (χ1n) is 5.24. The van der Waals surface area contributed by atoms with Crippen molar-refractivity contribution in [1.82, 2.24) is 9.55 Å². The van der Waals surface area contributed by atoms with E-state index in [0.717, 1.165) is 10.8 Å². The minimum absolute atomic E-state index is 0.441. The zero-order chi connectivity index (χ0) is 15.4. The summed E-state index contributed by atoms with van der Waals surface area (Å²) in [5.41, 5.74) is -2.26. The van der Waals surface area contributed by atoms with Crippen LogP contribution in [0.2, 0.25) is 0 Å². The van der Waals surface area contributed by atoms with Crippen LogP contribution in [-0.4, -0.2) is 49.1 Å². The van der Waals surface area contributed by atoms with Crippen LogP contribution < -0.4 is 11.2 Å². The van der Waals surface area contributed by atoms with Crippen LogP contribution in [-0.2, 0) is 16.6 Å². The van der Waals surface area contributed by atoms with E-state index >= 15 is 0 Å². The van der Waals surface area contributed by atoms with Gasteiger partial charge in [-0.2, -0.15) is 0 Å². The highest BCUT2D eigenvalue weighted by atomic mass is 16.4. The Balaban J connectivity index is 3.21. The Labute approximate surface area is 110 Å². The Bertz CT molecular complexity index is 685. The minimum atomic E-state index is -1.61. The fourth-order valence-corrected chi connectivity index (χ4v) is 1.28. The summed E-state index contributed by atoms with van der Waals surface area (Å²) >= 11 is 0. The van der Waals surface area contributed by atoms with E-state index in [4.69, 9.17) is 10.2 Å². The van der Waals surface area contributed by atoms with Crippen molar-refractivity contribution in [3.8, 4) is 5.88 Å². The number of aromatic hydroxyl groups is 1. The van der Waals surface area contributed by atoms with Crippen LogP contribution in [0.4, 0.5) is 0 Å². The van der Waals surface area contributed by atoms with E-state index in [1.165, 1.54) is 7.05 Å². The fourth-order valence-electron chi connectivity index (χ4n) is 1.28. The molecule has 0 fully saturated rings. The molecular weight excluding hydrogens is 274 g/mol. The maximum absolute atomic E-state index is 11.4. The van der Waals surface area contributed by atoms with Crippen LogP contribution in [0.1, 0.15) is 12.0 Å². The Morgan fingerprint density at radius 3 is 2.50 bits per heavy atom. The third-order valence-corrected chi connectivity index (χ3v) is 2.36. The van der Waals surface area contributed by atoms with E-state index in [1.54, 1.807) is 0 Å². The Hall–Kier alpha value is -2.91. The zero-order valence-electron chi connectivity index (χ0n) is 10.2. The van der Waals surface area contributed by atoms with Gasteiger partial charge in [0, 0.05) is 13.3 Å². The molecule has 1 atom stereocenters. The maximum atomic E-state index is 11.4.